The van der Waals surface area contributed by atoms with Gasteiger partial charge in [0.1, 0.15) is 5.75 Å². The summed E-state index contributed by atoms with van der Waals surface area (Å²) >= 11 is 0. The van der Waals surface area contributed by atoms with Crippen LogP contribution in [0.2, 0.25) is 0 Å². The lowest BCUT2D eigenvalue weighted by Crippen LogP contribution is -2.08. The molecule has 2 aromatic carbocycles. The highest BCUT2D eigenvalue weighted by Gasteiger charge is 2.15. The topological polar surface area (TPSA) is 49.3 Å². The Bertz CT molecular complexity index is 696. The van der Waals surface area contributed by atoms with E-state index in [2.05, 4.69) is 17.4 Å². The maximum atomic E-state index is 12.0. The van der Waals surface area contributed by atoms with Crippen LogP contribution in [0.1, 0.15) is 49.1 Å². The zero-order valence-electron chi connectivity index (χ0n) is 13.7. The molecular formula is C21H23NO2. The first kappa shape index (κ1) is 16.3. The first-order valence-electron chi connectivity index (χ1n) is 8.59. The minimum absolute atomic E-state index is 0.159. The number of nitrogens with one attached hydrogen (secondary N) is 1. The predicted octanol–water partition coefficient (Wildman–Crippen LogP) is 5.09. The Balaban J connectivity index is 1.57. The molecule has 1 saturated carbocycles. The first-order chi connectivity index (χ1) is 11.7. The van der Waals surface area contributed by atoms with E-state index in [1.54, 1.807) is 30.3 Å². The molecule has 0 heterocycles. The van der Waals surface area contributed by atoms with Crippen molar-refractivity contribution in [2.24, 2.45) is 0 Å². The lowest BCUT2D eigenvalue weighted by atomic mass is 9.84. The van der Waals surface area contributed by atoms with Crippen molar-refractivity contribution in [1.82, 2.24) is 0 Å². The number of benzene rings is 2. The molecule has 2 N–H and O–H groups in total. The van der Waals surface area contributed by atoms with Crippen molar-refractivity contribution < 1.29 is 9.90 Å². The van der Waals surface area contributed by atoms with E-state index in [0.717, 1.165) is 11.3 Å². The van der Waals surface area contributed by atoms with E-state index in [-0.39, 0.29) is 11.7 Å². The number of rotatable bonds is 4. The zero-order chi connectivity index (χ0) is 16.8. The highest BCUT2D eigenvalue weighted by molar-refractivity contribution is 6.01. The minimum atomic E-state index is -0.159. The lowest BCUT2D eigenvalue weighted by molar-refractivity contribution is -0.111. The maximum Gasteiger partial charge on any atom is 0.248 e. The van der Waals surface area contributed by atoms with E-state index in [0.29, 0.717) is 5.92 Å². The fraction of sp³-hybridized carbons (Fsp3) is 0.286. The van der Waals surface area contributed by atoms with Gasteiger partial charge in [-0.3, -0.25) is 4.79 Å². The van der Waals surface area contributed by atoms with Crippen molar-refractivity contribution in [2.45, 2.75) is 38.0 Å². The third-order valence-electron chi connectivity index (χ3n) is 4.58. The van der Waals surface area contributed by atoms with Crippen LogP contribution in [0, 0.1) is 0 Å². The van der Waals surface area contributed by atoms with Gasteiger partial charge in [0.15, 0.2) is 0 Å². The van der Waals surface area contributed by atoms with Crippen molar-refractivity contribution >= 4 is 17.7 Å². The third kappa shape index (κ3) is 4.48. The highest BCUT2D eigenvalue weighted by Crippen LogP contribution is 2.32. The molecule has 3 rings (SSSR count). The Kier molecular flexibility index (Phi) is 5.32. The van der Waals surface area contributed by atoms with Crippen LogP contribution >= 0.6 is 0 Å². The fourth-order valence-corrected chi connectivity index (χ4v) is 3.22. The van der Waals surface area contributed by atoms with Crippen molar-refractivity contribution in [3.8, 4) is 5.75 Å². The van der Waals surface area contributed by atoms with Gasteiger partial charge in [-0.15, -0.1) is 0 Å². The summed E-state index contributed by atoms with van der Waals surface area (Å²) in [6, 6.07) is 15.0. The number of aromatic hydroxyl groups is 1. The molecule has 0 bridgehead atoms. The van der Waals surface area contributed by atoms with Crippen LogP contribution in [-0.4, -0.2) is 11.0 Å². The van der Waals surface area contributed by atoms with E-state index in [9.17, 15) is 9.90 Å². The lowest BCUT2D eigenvalue weighted by Gasteiger charge is -2.22. The average molecular weight is 321 g/mol. The SMILES string of the molecule is O=C(C=Cc1ccc(O)cc1)Nc1ccc(C2CCCCC2)cc1. The molecule has 0 aromatic heterocycles. The molecule has 1 aliphatic rings. The second-order valence-corrected chi connectivity index (χ2v) is 6.37. The molecule has 1 fully saturated rings. The minimum Gasteiger partial charge on any atom is -0.508 e. The predicted molar refractivity (Wildman–Crippen MR) is 98.0 cm³/mol. The monoisotopic (exact) mass is 321 g/mol. The molecule has 0 saturated heterocycles. The fourth-order valence-electron chi connectivity index (χ4n) is 3.22. The van der Waals surface area contributed by atoms with Gasteiger partial charge in [-0.2, -0.15) is 0 Å². The van der Waals surface area contributed by atoms with E-state index in [4.69, 9.17) is 0 Å². The van der Waals surface area contributed by atoms with Crippen molar-refractivity contribution in [3.05, 3.63) is 65.7 Å². The van der Waals surface area contributed by atoms with Crippen LogP contribution in [0.3, 0.4) is 0 Å². The first-order valence-corrected chi connectivity index (χ1v) is 8.59. The summed E-state index contributed by atoms with van der Waals surface area (Å²) in [6.45, 7) is 0. The summed E-state index contributed by atoms with van der Waals surface area (Å²) in [5.74, 6) is 0.737. The van der Waals surface area contributed by atoms with Crippen molar-refractivity contribution in [3.63, 3.8) is 0 Å². The molecule has 0 unspecified atom stereocenters. The molecule has 0 atom stereocenters. The van der Waals surface area contributed by atoms with Gasteiger partial charge < -0.3 is 10.4 Å². The smallest absolute Gasteiger partial charge is 0.248 e. The molecule has 2 aromatic rings. The molecule has 3 nitrogen and oxygen atoms in total. The van der Waals surface area contributed by atoms with Gasteiger partial charge in [-0.1, -0.05) is 43.5 Å². The van der Waals surface area contributed by atoms with E-state index in [1.807, 2.05) is 12.1 Å². The maximum absolute atomic E-state index is 12.0. The van der Waals surface area contributed by atoms with Gasteiger partial charge in [0.25, 0.3) is 0 Å². The zero-order valence-corrected chi connectivity index (χ0v) is 13.7. The van der Waals surface area contributed by atoms with Gasteiger partial charge >= 0.3 is 0 Å². The van der Waals surface area contributed by atoms with Crippen LogP contribution in [0.25, 0.3) is 6.08 Å². The van der Waals surface area contributed by atoms with Crippen molar-refractivity contribution in [2.75, 3.05) is 5.32 Å². The number of carbonyl (C=O) groups excluding carboxylic acids is 1. The molecule has 3 heteroatoms. The summed E-state index contributed by atoms with van der Waals surface area (Å²) in [7, 11) is 0. The van der Waals surface area contributed by atoms with Crippen LogP contribution < -0.4 is 5.32 Å². The van der Waals surface area contributed by atoms with Crippen LogP contribution in [0.5, 0.6) is 5.75 Å². The summed E-state index contributed by atoms with van der Waals surface area (Å²) < 4.78 is 0. The van der Waals surface area contributed by atoms with Gasteiger partial charge in [0, 0.05) is 11.8 Å². The van der Waals surface area contributed by atoms with E-state index in [1.165, 1.54) is 43.7 Å². The largest absolute Gasteiger partial charge is 0.508 e. The Hall–Kier alpha value is -2.55. The van der Waals surface area contributed by atoms with Crippen LogP contribution in [0.15, 0.2) is 54.6 Å². The molecule has 0 aliphatic heterocycles. The van der Waals surface area contributed by atoms with Gasteiger partial charge in [0.05, 0.1) is 0 Å². The third-order valence-corrected chi connectivity index (χ3v) is 4.58. The number of carbonyl (C=O) groups is 1. The van der Waals surface area contributed by atoms with Gasteiger partial charge in [0.2, 0.25) is 5.91 Å². The number of hydrogen-bond donors (Lipinski definition) is 2. The molecule has 0 spiro atoms. The molecule has 124 valence electrons. The number of anilines is 1. The number of phenolic OH excluding ortho intramolecular Hbond substituents is 1. The molecule has 24 heavy (non-hydrogen) atoms. The Morgan fingerprint density at radius 2 is 1.62 bits per heavy atom. The quantitative estimate of drug-likeness (QED) is 0.770. The normalized spacial score (nSPS) is 15.5. The Morgan fingerprint density at radius 1 is 0.958 bits per heavy atom. The summed E-state index contributed by atoms with van der Waals surface area (Å²) in [6.07, 6.45) is 9.79. The van der Waals surface area contributed by atoms with E-state index >= 15 is 0 Å². The Morgan fingerprint density at radius 3 is 2.29 bits per heavy atom. The number of amides is 1. The molecular weight excluding hydrogens is 298 g/mol. The average Bonchev–Trinajstić information content (AvgIpc) is 2.63. The highest BCUT2D eigenvalue weighted by atomic mass is 16.3. The van der Waals surface area contributed by atoms with Crippen LogP contribution in [-0.2, 0) is 4.79 Å². The van der Waals surface area contributed by atoms with Crippen molar-refractivity contribution in [1.29, 1.82) is 0 Å². The molecule has 1 amide bonds. The number of phenols is 1. The second-order valence-electron chi connectivity index (χ2n) is 6.37. The summed E-state index contributed by atoms with van der Waals surface area (Å²) in [5, 5.41) is 12.1. The Labute approximate surface area is 143 Å². The van der Waals surface area contributed by atoms with Gasteiger partial charge in [-0.25, -0.2) is 0 Å². The van der Waals surface area contributed by atoms with Crippen LogP contribution in [0.4, 0.5) is 5.69 Å². The molecule has 1 aliphatic carbocycles. The standard InChI is InChI=1S/C21H23NO2/c23-20-13-6-16(7-14-20)8-15-21(24)22-19-11-9-18(10-12-19)17-4-2-1-3-5-17/h6-15,17,23H,1-5H2,(H,22,24). The van der Waals surface area contributed by atoms with E-state index < -0.39 is 0 Å². The number of hydrogen-bond acceptors (Lipinski definition) is 2. The summed E-state index contributed by atoms with van der Waals surface area (Å²) in [4.78, 5) is 12.0. The molecule has 0 radical (unpaired) electrons. The second kappa shape index (κ2) is 7.82. The summed E-state index contributed by atoms with van der Waals surface area (Å²) in [5.41, 5.74) is 3.07. The van der Waals surface area contributed by atoms with Gasteiger partial charge in [-0.05, 0) is 60.2 Å².